The second-order valence-electron chi connectivity index (χ2n) is 7.23. The third kappa shape index (κ3) is 3.35. The number of ether oxygens (including phenoxy) is 3. The Balaban J connectivity index is 1.49. The molecule has 0 radical (unpaired) electrons. The van der Waals surface area contributed by atoms with Gasteiger partial charge in [-0.1, -0.05) is 91.0 Å². The molecule has 0 aromatic heterocycles. The Morgan fingerprint density at radius 2 is 1.32 bits per heavy atom. The minimum Gasteiger partial charge on any atom is -0.439 e. The van der Waals surface area contributed by atoms with Crippen molar-refractivity contribution in [2.24, 2.45) is 0 Å². The normalized spacial score (nSPS) is 26.6. The summed E-state index contributed by atoms with van der Waals surface area (Å²) in [6.45, 7) is 0.480. The number of hydrogen-bond donors (Lipinski definition) is 0. The van der Waals surface area contributed by atoms with Gasteiger partial charge in [0.15, 0.2) is 0 Å². The molecule has 3 aromatic rings. The van der Waals surface area contributed by atoms with Gasteiger partial charge in [0.1, 0.15) is 11.9 Å². The van der Waals surface area contributed by atoms with Crippen LogP contribution in [0.15, 0.2) is 97.1 Å². The predicted molar refractivity (Wildman–Crippen MR) is 108 cm³/mol. The number of hydrogen-bond acceptors (Lipinski definition) is 3. The molecule has 0 bridgehead atoms. The largest absolute Gasteiger partial charge is 0.439 e. The third-order valence-electron chi connectivity index (χ3n) is 5.32. The van der Waals surface area contributed by atoms with Crippen LogP contribution in [0.4, 0.5) is 0 Å². The molecule has 2 heterocycles. The Morgan fingerprint density at radius 3 is 2.00 bits per heavy atom. The highest BCUT2D eigenvalue weighted by Gasteiger charge is 2.49. The maximum atomic E-state index is 6.39. The predicted octanol–water partition coefficient (Wildman–Crippen LogP) is 5.67. The van der Waals surface area contributed by atoms with Crippen LogP contribution in [-0.4, -0.2) is 12.6 Å². The lowest BCUT2D eigenvalue weighted by atomic mass is 9.91. The molecule has 0 saturated carbocycles. The van der Waals surface area contributed by atoms with E-state index >= 15 is 0 Å². The highest BCUT2D eigenvalue weighted by Crippen LogP contribution is 2.47. The van der Waals surface area contributed by atoms with E-state index in [1.54, 1.807) is 0 Å². The van der Waals surface area contributed by atoms with Crippen molar-refractivity contribution in [2.75, 3.05) is 6.61 Å². The van der Waals surface area contributed by atoms with Crippen molar-refractivity contribution in [2.45, 2.75) is 24.4 Å². The Kier molecular flexibility index (Phi) is 4.47. The van der Waals surface area contributed by atoms with Gasteiger partial charge >= 0.3 is 5.97 Å². The summed E-state index contributed by atoms with van der Waals surface area (Å²) in [6, 6.07) is 30.8. The van der Waals surface area contributed by atoms with E-state index in [0.29, 0.717) is 13.0 Å². The molecule has 3 nitrogen and oxygen atoms in total. The highest BCUT2D eigenvalue weighted by atomic mass is 16.9. The van der Waals surface area contributed by atoms with Crippen LogP contribution >= 0.6 is 0 Å². The van der Waals surface area contributed by atoms with Gasteiger partial charge < -0.3 is 14.2 Å². The van der Waals surface area contributed by atoms with Crippen LogP contribution < -0.4 is 0 Å². The molecule has 5 rings (SSSR count). The van der Waals surface area contributed by atoms with E-state index in [4.69, 9.17) is 14.2 Å². The van der Waals surface area contributed by atoms with E-state index < -0.39 is 5.97 Å². The van der Waals surface area contributed by atoms with Gasteiger partial charge in [-0.15, -0.1) is 0 Å². The zero-order valence-electron chi connectivity index (χ0n) is 15.5. The van der Waals surface area contributed by atoms with Gasteiger partial charge in [0.05, 0.1) is 13.0 Å². The van der Waals surface area contributed by atoms with Crippen molar-refractivity contribution < 1.29 is 14.2 Å². The molecule has 3 atom stereocenters. The van der Waals surface area contributed by atoms with Crippen molar-refractivity contribution in [3.05, 3.63) is 114 Å². The molecule has 0 N–H and O–H groups in total. The molecule has 1 saturated heterocycles. The fourth-order valence-corrected chi connectivity index (χ4v) is 3.91. The second kappa shape index (κ2) is 7.27. The highest BCUT2D eigenvalue weighted by molar-refractivity contribution is 5.62. The van der Waals surface area contributed by atoms with Gasteiger partial charge in [-0.05, 0) is 17.2 Å². The lowest BCUT2D eigenvalue weighted by Crippen LogP contribution is -2.37. The third-order valence-corrected chi connectivity index (χ3v) is 5.32. The van der Waals surface area contributed by atoms with E-state index in [9.17, 15) is 0 Å². The molecule has 2 aliphatic heterocycles. The molecule has 28 heavy (non-hydrogen) atoms. The summed E-state index contributed by atoms with van der Waals surface area (Å²) >= 11 is 0. The van der Waals surface area contributed by atoms with Crippen molar-refractivity contribution in [3.8, 4) is 0 Å². The molecule has 140 valence electrons. The first kappa shape index (κ1) is 17.2. The molecular formula is C25H22O3. The number of rotatable bonds is 3. The molecule has 3 heteroatoms. The molecular weight excluding hydrogens is 348 g/mol. The molecule has 0 amide bonds. The Labute approximate surface area is 165 Å². The Morgan fingerprint density at radius 1 is 0.714 bits per heavy atom. The minimum atomic E-state index is -1.07. The van der Waals surface area contributed by atoms with Crippen LogP contribution in [0.1, 0.15) is 35.1 Å². The molecule has 3 aromatic carbocycles. The Bertz CT molecular complexity index is 953. The van der Waals surface area contributed by atoms with Crippen LogP contribution in [-0.2, 0) is 14.2 Å². The smallest absolute Gasteiger partial charge is 0.328 e. The SMILES string of the molecule is C1=C(c2ccccc2)O[C@]2(C[C@@H]1c1ccccc1)OC[C@@H](c1ccccc1)O2. The summed E-state index contributed by atoms with van der Waals surface area (Å²) in [7, 11) is 0. The van der Waals surface area contributed by atoms with Crippen molar-refractivity contribution in [1.29, 1.82) is 0 Å². The monoisotopic (exact) mass is 370 g/mol. The quantitative estimate of drug-likeness (QED) is 0.594. The summed E-state index contributed by atoms with van der Waals surface area (Å²) in [4.78, 5) is 0. The summed E-state index contributed by atoms with van der Waals surface area (Å²) in [5, 5.41) is 0. The van der Waals surface area contributed by atoms with Crippen molar-refractivity contribution >= 4 is 5.76 Å². The van der Waals surface area contributed by atoms with Crippen LogP contribution in [0.3, 0.4) is 0 Å². The van der Waals surface area contributed by atoms with Gasteiger partial charge in [0.25, 0.3) is 0 Å². The van der Waals surface area contributed by atoms with Crippen molar-refractivity contribution in [3.63, 3.8) is 0 Å². The van der Waals surface area contributed by atoms with Gasteiger partial charge in [0, 0.05) is 11.5 Å². The fourth-order valence-electron chi connectivity index (χ4n) is 3.91. The van der Waals surface area contributed by atoms with Crippen LogP contribution in [0, 0.1) is 0 Å². The lowest BCUT2D eigenvalue weighted by Gasteiger charge is -2.36. The lowest BCUT2D eigenvalue weighted by molar-refractivity contribution is -0.316. The van der Waals surface area contributed by atoms with E-state index in [2.05, 4.69) is 54.6 Å². The van der Waals surface area contributed by atoms with Crippen molar-refractivity contribution in [1.82, 2.24) is 0 Å². The van der Waals surface area contributed by atoms with E-state index in [1.165, 1.54) is 5.56 Å². The molecule has 1 fully saturated rings. The average molecular weight is 370 g/mol. The maximum absolute atomic E-state index is 6.39. The maximum Gasteiger partial charge on any atom is 0.328 e. The van der Waals surface area contributed by atoms with Gasteiger partial charge in [-0.2, -0.15) is 0 Å². The average Bonchev–Trinajstić information content (AvgIpc) is 3.18. The summed E-state index contributed by atoms with van der Waals surface area (Å²) in [5.74, 6) is -0.116. The fraction of sp³-hybridized carbons (Fsp3) is 0.200. The van der Waals surface area contributed by atoms with E-state index in [1.807, 2.05) is 42.5 Å². The number of benzene rings is 3. The van der Waals surface area contributed by atoms with Gasteiger partial charge in [-0.25, -0.2) is 0 Å². The standard InChI is InChI=1S/C25H22O3/c1-4-10-19(11-5-1)22-16-23(20-12-6-2-7-13-20)27-25(17-22)26-18-24(28-25)21-14-8-3-9-15-21/h1-16,22,24H,17-18H2/t22-,24+,25+/m1/s1. The zero-order chi connectivity index (χ0) is 18.8. The summed E-state index contributed by atoms with van der Waals surface area (Å²) in [5.41, 5.74) is 3.36. The van der Waals surface area contributed by atoms with Gasteiger partial charge in [0.2, 0.25) is 0 Å². The molecule has 2 aliphatic rings. The first-order valence-corrected chi connectivity index (χ1v) is 9.69. The van der Waals surface area contributed by atoms with E-state index in [0.717, 1.165) is 16.9 Å². The number of allylic oxidation sites excluding steroid dienone is 1. The summed E-state index contributed by atoms with van der Waals surface area (Å²) in [6.07, 6.45) is 2.67. The molecule has 0 unspecified atom stereocenters. The zero-order valence-corrected chi connectivity index (χ0v) is 15.5. The summed E-state index contributed by atoms with van der Waals surface area (Å²) < 4.78 is 18.9. The van der Waals surface area contributed by atoms with Crippen LogP contribution in [0.5, 0.6) is 0 Å². The molecule has 0 aliphatic carbocycles. The first-order valence-electron chi connectivity index (χ1n) is 9.69. The van der Waals surface area contributed by atoms with Gasteiger partial charge in [-0.3, -0.25) is 0 Å². The second-order valence-corrected chi connectivity index (χ2v) is 7.23. The van der Waals surface area contributed by atoms with Crippen LogP contribution in [0.2, 0.25) is 0 Å². The molecule has 1 spiro atoms. The van der Waals surface area contributed by atoms with Crippen LogP contribution in [0.25, 0.3) is 5.76 Å². The Hall–Kier alpha value is -2.88. The topological polar surface area (TPSA) is 27.7 Å². The minimum absolute atomic E-state index is 0.132. The first-order chi connectivity index (χ1) is 13.8. The van der Waals surface area contributed by atoms with E-state index in [-0.39, 0.29) is 12.0 Å².